The van der Waals surface area contributed by atoms with E-state index in [1.807, 2.05) is 6.92 Å². The van der Waals surface area contributed by atoms with E-state index in [1.54, 1.807) is 25.2 Å². The molecule has 1 heterocycles. The predicted octanol–water partition coefficient (Wildman–Crippen LogP) is 3.38. The van der Waals surface area contributed by atoms with Crippen LogP contribution >= 0.6 is 0 Å². The molecule has 0 unspecified atom stereocenters. The van der Waals surface area contributed by atoms with Gasteiger partial charge in [0, 0.05) is 23.8 Å². The zero-order valence-electron chi connectivity index (χ0n) is 13.1. The summed E-state index contributed by atoms with van der Waals surface area (Å²) in [6, 6.07) is 5.70. The number of nitro benzene ring substituents is 1. The average molecular weight is 329 g/mol. The first-order chi connectivity index (χ1) is 11.5. The van der Waals surface area contributed by atoms with Crippen LogP contribution in [0.15, 0.2) is 53.0 Å². The Morgan fingerprint density at radius 3 is 2.62 bits per heavy atom. The van der Waals surface area contributed by atoms with Crippen molar-refractivity contribution in [2.75, 3.05) is 0 Å². The second kappa shape index (κ2) is 7.82. The van der Waals surface area contributed by atoms with Crippen LogP contribution in [0.25, 0.3) is 11.5 Å². The quantitative estimate of drug-likeness (QED) is 0.263. The number of ether oxygens (including phenoxy) is 1. The first kappa shape index (κ1) is 17.1. The summed E-state index contributed by atoms with van der Waals surface area (Å²) < 4.78 is 10.6. The predicted molar refractivity (Wildman–Crippen MR) is 84.8 cm³/mol. The van der Waals surface area contributed by atoms with Crippen LogP contribution < -0.4 is 0 Å². The van der Waals surface area contributed by atoms with Gasteiger partial charge >= 0.3 is 5.97 Å². The highest BCUT2D eigenvalue weighted by Gasteiger charge is 2.18. The van der Waals surface area contributed by atoms with Gasteiger partial charge in [-0.1, -0.05) is 18.2 Å². The van der Waals surface area contributed by atoms with E-state index in [-0.39, 0.29) is 17.5 Å². The van der Waals surface area contributed by atoms with Crippen LogP contribution in [0.3, 0.4) is 0 Å². The molecule has 0 amide bonds. The molecule has 0 spiro atoms. The van der Waals surface area contributed by atoms with Crippen molar-refractivity contribution < 1.29 is 18.9 Å². The van der Waals surface area contributed by atoms with E-state index in [1.165, 1.54) is 30.3 Å². The minimum absolute atomic E-state index is 0.0336. The average Bonchev–Trinajstić information content (AvgIpc) is 3.05. The summed E-state index contributed by atoms with van der Waals surface area (Å²) in [5.41, 5.74) is 0.500. The van der Waals surface area contributed by atoms with Gasteiger partial charge in [0.15, 0.2) is 6.10 Å². The maximum atomic E-state index is 11.6. The van der Waals surface area contributed by atoms with Crippen LogP contribution in [0.2, 0.25) is 0 Å². The Balaban J connectivity index is 2.06. The van der Waals surface area contributed by atoms with E-state index < -0.39 is 17.0 Å². The Bertz CT molecular complexity index is 777. The molecule has 2 aromatic rings. The van der Waals surface area contributed by atoms with Crippen molar-refractivity contribution in [1.29, 1.82) is 0 Å². The molecule has 8 nitrogen and oxygen atoms in total. The number of rotatable bonds is 6. The van der Waals surface area contributed by atoms with E-state index in [2.05, 4.69) is 10.2 Å². The maximum absolute atomic E-state index is 11.6. The molecule has 0 fully saturated rings. The molecule has 2 rings (SSSR count). The molecule has 0 aliphatic carbocycles. The van der Waals surface area contributed by atoms with Gasteiger partial charge in [-0.2, -0.15) is 0 Å². The first-order valence-corrected chi connectivity index (χ1v) is 7.09. The van der Waals surface area contributed by atoms with Crippen molar-refractivity contribution in [2.45, 2.75) is 20.0 Å². The number of nitrogens with zero attached hydrogens (tertiary/aromatic N) is 3. The number of benzene rings is 1. The summed E-state index contributed by atoms with van der Waals surface area (Å²) in [5.74, 6) is -0.209. The van der Waals surface area contributed by atoms with Crippen molar-refractivity contribution in [3.8, 4) is 11.5 Å². The lowest BCUT2D eigenvalue weighted by Gasteiger charge is -2.06. The molecule has 0 aliphatic heterocycles. The van der Waals surface area contributed by atoms with E-state index in [0.29, 0.717) is 5.56 Å². The Kier molecular flexibility index (Phi) is 5.56. The number of non-ortho nitro benzene ring substituents is 1. The van der Waals surface area contributed by atoms with Crippen molar-refractivity contribution >= 4 is 11.7 Å². The van der Waals surface area contributed by atoms with E-state index >= 15 is 0 Å². The SMILES string of the molecule is C/C=C/C=C/C(=O)O[C@H](C)c1nnc(-c2ccc([N+](=O)[O-])cc2)o1. The highest BCUT2D eigenvalue weighted by atomic mass is 16.6. The van der Waals surface area contributed by atoms with Crippen molar-refractivity contribution in [2.24, 2.45) is 0 Å². The van der Waals surface area contributed by atoms with Gasteiger partial charge in [0.1, 0.15) is 0 Å². The van der Waals surface area contributed by atoms with Gasteiger partial charge in [-0.25, -0.2) is 4.79 Å². The molecule has 0 N–H and O–H groups in total. The fourth-order valence-electron chi connectivity index (χ4n) is 1.75. The van der Waals surface area contributed by atoms with Crippen LogP contribution in [-0.4, -0.2) is 21.1 Å². The largest absolute Gasteiger partial charge is 0.449 e. The van der Waals surface area contributed by atoms with Gasteiger partial charge in [-0.15, -0.1) is 10.2 Å². The van der Waals surface area contributed by atoms with Crippen molar-refractivity contribution in [1.82, 2.24) is 10.2 Å². The van der Waals surface area contributed by atoms with Crippen LogP contribution in [0.5, 0.6) is 0 Å². The highest BCUT2D eigenvalue weighted by Crippen LogP contribution is 2.24. The number of aromatic nitrogens is 2. The van der Waals surface area contributed by atoms with Gasteiger partial charge < -0.3 is 9.15 Å². The Morgan fingerprint density at radius 2 is 2.00 bits per heavy atom. The van der Waals surface area contributed by atoms with Gasteiger partial charge in [-0.3, -0.25) is 10.1 Å². The van der Waals surface area contributed by atoms with Crippen LogP contribution in [0, 0.1) is 10.1 Å². The van der Waals surface area contributed by atoms with Gasteiger partial charge in [-0.05, 0) is 26.0 Å². The standard InChI is InChI=1S/C16H15N3O5/c1-3-4-5-6-14(20)23-11(2)15-17-18-16(24-15)12-7-9-13(10-8-12)19(21)22/h3-11H,1-2H3/b4-3+,6-5+/t11-/m1/s1. The number of carbonyl (C=O) groups excluding carboxylic acids is 1. The third kappa shape index (κ3) is 4.35. The molecule has 8 heteroatoms. The van der Waals surface area contributed by atoms with E-state index in [9.17, 15) is 14.9 Å². The molecule has 24 heavy (non-hydrogen) atoms. The fourth-order valence-corrected chi connectivity index (χ4v) is 1.75. The second-order valence-electron chi connectivity index (χ2n) is 4.71. The minimum Gasteiger partial charge on any atom is -0.449 e. The molecule has 0 aliphatic rings. The topological polar surface area (TPSA) is 108 Å². The zero-order chi connectivity index (χ0) is 17.5. The minimum atomic E-state index is -0.716. The monoisotopic (exact) mass is 329 g/mol. The lowest BCUT2D eigenvalue weighted by molar-refractivity contribution is -0.384. The molecule has 124 valence electrons. The van der Waals surface area contributed by atoms with Crippen LogP contribution in [-0.2, 0) is 9.53 Å². The number of hydrogen-bond acceptors (Lipinski definition) is 7. The van der Waals surface area contributed by atoms with Crippen LogP contribution in [0.4, 0.5) is 5.69 Å². The second-order valence-corrected chi connectivity index (χ2v) is 4.71. The Labute approximate surface area is 137 Å². The molecule has 1 atom stereocenters. The lowest BCUT2D eigenvalue weighted by Crippen LogP contribution is -2.06. The van der Waals surface area contributed by atoms with Gasteiger partial charge in [0.25, 0.3) is 11.6 Å². The smallest absolute Gasteiger partial charge is 0.331 e. The third-order valence-electron chi connectivity index (χ3n) is 2.94. The summed E-state index contributed by atoms with van der Waals surface area (Å²) >= 11 is 0. The van der Waals surface area contributed by atoms with Gasteiger partial charge in [0.2, 0.25) is 5.89 Å². The molecule has 1 aromatic carbocycles. The lowest BCUT2D eigenvalue weighted by atomic mass is 10.2. The summed E-state index contributed by atoms with van der Waals surface area (Å²) in [6.45, 7) is 3.44. The number of esters is 1. The number of carbonyl (C=O) groups is 1. The molecule has 0 radical (unpaired) electrons. The molecule has 1 aromatic heterocycles. The summed E-state index contributed by atoms with van der Waals surface area (Å²) in [6.07, 6.45) is 5.61. The molecule has 0 bridgehead atoms. The Hall–Kier alpha value is -3.29. The number of hydrogen-bond donors (Lipinski definition) is 0. The third-order valence-corrected chi connectivity index (χ3v) is 2.94. The molecule has 0 saturated carbocycles. The summed E-state index contributed by atoms with van der Waals surface area (Å²) in [5, 5.41) is 18.3. The normalized spacial score (nSPS) is 12.6. The van der Waals surface area contributed by atoms with E-state index in [4.69, 9.17) is 9.15 Å². The maximum Gasteiger partial charge on any atom is 0.331 e. The summed E-state index contributed by atoms with van der Waals surface area (Å²) in [4.78, 5) is 21.7. The molecular formula is C16H15N3O5. The molecule has 0 saturated heterocycles. The first-order valence-electron chi connectivity index (χ1n) is 7.09. The van der Waals surface area contributed by atoms with Crippen molar-refractivity contribution in [3.05, 3.63) is 64.6 Å². The fraction of sp³-hybridized carbons (Fsp3) is 0.188. The van der Waals surface area contributed by atoms with Gasteiger partial charge in [0.05, 0.1) is 4.92 Å². The Morgan fingerprint density at radius 1 is 1.29 bits per heavy atom. The number of allylic oxidation sites excluding steroid dienone is 3. The van der Waals surface area contributed by atoms with Crippen molar-refractivity contribution in [3.63, 3.8) is 0 Å². The van der Waals surface area contributed by atoms with Crippen LogP contribution in [0.1, 0.15) is 25.8 Å². The molecular weight excluding hydrogens is 314 g/mol. The number of nitro groups is 1. The van der Waals surface area contributed by atoms with E-state index in [0.717, 1.165) is 0 Å². The zero-order valence-corrected chi connectivity index (χ0v) is 13.1. The highest BCUT2D eigenvalue weighted by molar-refractivity contribution is 5.82. The summed E-state index contributed by atoms with van der Waals surface area (Å²) in [7, 11) is 0.